The molecule has 0 atom stereocenters. The van der Waals surface area contributed by atoms with Gasteiger partial charge in [-0.1, -0.05) is 32.8 Å². The molecule has 0 aromatic rings. The molecule has 0 spiro atoms. The first kappa shape index (κ1) is 16.2. The third kappa shape index (κ3) is 6.76. The number of hydrogen-bond donors (Lipinski definition) is 0. The molecule has 0 radical (unpaired) electrons. The minimum atomic E-state index is -0.224. The predicted molar refractivity (Wildman–Crippen MR) is 79.1 cm³/mol. The number of carbonyl (C=O) groups is 1. The van der Waals surface area contributed by atoms with Crippen molar-refractivity contribution >= 4 is 5.97 Å². The minimum Gasteiger partial charge on any atom is -0.463 e. The molecule has 1 aliphatic rings. The summed E-state index contributed by atoms with van der Waals surface area (Å²) in [6.07, 6.45) is 10.1. The second kappa shape index (κ2) is 9.13. The largest absolute Gasteiger partial charge is 0.463 e. The fraction of sp³-hybridized carbons (Fsp3) is 0.812. The molecule has 3 heteroatoms. The van der Waals surface area contributed by atoms with E-state index in [4.69, 9.17) is 4.74 Å². The number of hydrogen-bond acceptors (Lipinski definition) is 3. The second-order valence-electron chi connectivity index (χ2n) is 5.77. The summed E-state index contributed by atoms with van der Waals surface area (Å²) in [5.41, 5.74) is 0. The molecule has 0 aliphatic heterocycles. The molecule has 19 heavy (non-hydrogen) atoms. The first-order chi connectivity index (χ1) is 9.13. The quantitative estimate of drug-likeness (QED) is 0.498. The first-order valence-corrected chi connectivity index (χ1v) is 7.70. The van der Waals surface area contributed by atoms with Gasteiger partial charge < -0.3 is 4.74 Å². The van der Waals surface area contributed by atoms with Crippen LogP contribution in [0.15, 0.2) is 12.2 Å². The Morgan fingerprint density at radius 2 is 2.05 bits per heavy atom. The van der Waals surface area contributed by atoms with Gasteiger partial charge in [0.25, 0.3) is 0 Å². The van der Waals surface area contributed by atoms with Gasteiger partial charge in [-0.05, 0) is 38.6 Å². The van der Waals surface area contributed by atoms with Crippen LogP contribution in [0.4, 0.5) is 0 Å². The SMILES string of the molecule is CCOC(=O)/C=C/CN(CCC(C)C)C1CCCC1. The molecule has 1 saturated carbocycles. The van der Waals surface area contributed by atoms with E-state index in [1.165, 1.54) is 32.1 Å². The third-order valence-corrected chi connectivity index (χ3v) is 3.72. The van der Waals surface area contributed by atoms with Crippen LogP contribution in [-0.2, 0) is 9.53 Å². The van der Waals surface area contributed by atoms with Gasteiger partial charge in [0, 0.05) is 18.7 Å². The summed E-state index contributed by atoms with van der Waals surface area (Å²) in [5.74, 6) is 0.510. The highest BCUT2D eigenvalue weighted by atomic mass is 16.5. The van der Waals surface area contributed by atoms with E-state index in [1.54, 1.807) is 6.08 Å². The molecule has 1 aliphatic carbocycles. The maximum absolute atomic E-state index is 11.3. The lowest BCUT2D eigenvalue weighted by Crippen LogP contribution is -2.35. The van der Waals surface area contributed by atoms with Gasteiger partial charge in [-0.25, -0.2) is 4.79 Å². The van der Waals surface area contributed by atoms with Crippen LogP contribution in [0.2, 0.25) is 0 Å². The molecule has 0 unspecified atom stereocenters. The van der Waals surface area contributed by atoms with E-state index < -0.39 is 0 Å². The Morgan fingerprint density at radius 1 is 1.37 bits per heavy atom. The highest BCUT2D eigenvalue weighted by Crippen LogP contribution is 2.24. The standard InChI is InChI=1S/C16H29NO2/c1-4-19-16(18)10-7-12-17(13-11-14(2)3)15-8-5-6-9-15/h7,10,14-15H,4-6,8-9,11-13H2,1-3H3/b10-7+. The van der Waals surface area contributed by atoms with Gasteiger partial charge in [0.1, 0.15) is 0 Å². The van der Waals surface area contributed by atoms with Crippen LogP contribution in [0.3, 0.4) is 0 Å². The van der Waals surface area contributed by atoms with E-state index in [2.05, 4.69) is 18.7 Å². The van der Waals surface area contributed by atoms with E-state index in [0.29, 0.717) is 12.6 Å². The molecular weight excluding hydrogens is 238 g/mol. The molecule has 3 nitrogen and oxygen atoms in total. The highest BCUT2D eigenvalue weighted by molar-refractivity contribution is 5.81. The number of esters is 1. The van der Waals surface area contributed by atoms with Crippen LogP contribution in [0.5, 0.6) is 0 Å². The summed E-state index contributed by atoms with van der Waals surface area (Å²) < 4.78 is 4.90. The molecule has 0 aromatic carbocycles. The van der Waals surface area contributed by atoms with Crippen LogP contribution in [0, 0.1) is 5.92 Å². The Kier molecular flexibility index (Phi) is 7.80. The Bertz CT molecular complexity index is 280. The monoisotopic (exact) mass is 267 g/mol. The molecule has 0 N–H and O–H groups in total. The van der Waals surface area contributed by atoms with Crippen molar-refractivity contribution in [3.05, 3.63) is 12.2 Å². The van der Waals surface area contributed by atoms with Crippen LogP contribution >= 0.6 is 0 Å². The van der Waals surface area contributed by atoms with E-state index in [1.807, 2.05) is 13.0 Å². The predicted octanol–water partition coefficient (Wildman–Crippen LogP) is 3.40. The summed E-state index contributed by atoms with van der Waals surface area (Å²) in [4.78, 5) is 13.8. The zero-order chi connectivity index (χ0) is 14.1. The highest BCUT2D eigenvalue weighted by Gasteiger charge is 2.21. The topological polar surface area (TPSA) is 29.5 Å². The van der Waals surface area contributed by atoms with E-state index in [9.17, 15) is 4.79 Å². The molecular formula is C16H29NO2. The zero-order valence-electron chi connectivity index (χ0n) is 12.7. The maximum atomic E-state index is 11.3. The van der Waals surface area contributed by atoms with Crippen molar-refractivity contribution in [3.8, 4) is 0 Å². The number of nitrogens with zero attached hydrogens (tertiary/aromatic N) is 1. The van der Waals surface area contributed by atoms with Gasteiger partial charge >= 0.3 is 5.97 Å². The lowest BCUT2D eigenvalue weighted by Gasteiger charge is -2.28. The third-order valence-electron chi connectivity index (χ3n) is 3.72. The summed E-state index contributed by atoms with van der Waals surface area (Å²) in [6, 6.07) is 0.714. The van der Waals surface area contributed by atoms with Crippen LogP contribution in [0.25, 0.3) is 0 Å². The lowest BCUT2D eigenvalue weighted by atomic mass is 10.1. The zero-order valence-corrected chi connectivity index (χ0v) is 12.7. The lowest BCUT2D eigenvalue weighted by molar-refractivity contribution is -0.137. The van der Waals surface area contributed by atoms with E-state index in [0.717, 1.165) is 19.0 Å². The number of carbonyl (C=O) groups excluding carboxylic acids is 1. The Balaban J connectivity index is 2.41. The van der Waals surface area contributed by atoms with Crippen molar-refractivity contribution in [2.24, 2.45) is 5.92 Å². The van der Waals surface area contributed by atoms with Crippen molar-refractivity contribution in [2.45, 2.75) is 58.9 Å². The van der Waals surface area contributed by atoms with Gasteiger partial charge in [0.05, 0.1) is 6.61 Å². The van der Waals surface area contributed by atoms with Gasteiger partial charge in [-0.3, -0.25) is 4.90 Å². The molecule has 0 heterocycles. The van der Waals surface area contributed by atoms with Crippen molar-refractivity contribution in [1.29, 1.82) is 0 Å². The minimum absolute atomic E-state index is 0.224. The van der Waals surface area contributed by atoms with Gasteiger partial charge in [-0.2, -0.15) is 0 Å². The van der Waals surface area contributed by atoms with Crippen molar-refractivity contribution < 1.29 is 9.53 Å². The average molecular weight is 267 g/mol. The number of rotatable bonds is 8. The molecule has 0 saturated heterocycles. The van der Waals surface area contributed by atoms with Crippen molar-refractivity contribution in [2.75, 3.05) is 19.7 Å². The van der Waals surface area contributed by atoms with Crippen molar-refractivity contribution in [3.63, 3.8) is 0 Å². The summed E-state index contributed by atoms with van der Waals surface area (Å²) in [5, 5.41) is 0. The summed E-state index contributed by atoms with van der Waals surface area (Å²) >= 11 is 0. The molecule has 0 amide bonds. The van der Waals surface area contributed by atoms with Crippen LogP contribution in [-0.4, -0.2) is 36.6 Å². The Hall–Kier alpha value is -0.830. The normalized spacial score (nSPS) is 16.9. The average Bonchev–Trinajstić information content (AvgIpc) is 2.87. The van der Waals surface area contributed by atoms with Gasteiger partial charge in [0.15, 0.2) is 0 Å². The number of ether oxygens (including phenoxy) is 1. The molecule has 0 bridgehead atoms. The van der Waals surface area contributed by atoms with E-state index in [-0.39, 0.29) is 5.97 Å². The molecule has 110 valence electrons. The summed E-state index contributed by atoms with van der Waals surface area (Å²) in [6.45, 7) is 8.82. The van der Waals surface area contributed by atoms with Gasteiger partial charge in [0.2, 0.25) is 0 Å². The Labute approximate surface area is 118 Å². The van der Waals surface area contributed by atoms with E-state index >= 15 is 0 Å². The van der Waals surface area contributed by atoms with Crippen LogP contribution in [0.1, 0.15) is 52.9 Å². The van der Waals surface area contributed by atoms with Gasteiger partial charge in [-0.15, -0.1) is 0 Å². The second-order valence-corrected chi connectivity index (χ2v) is 5.77. The Morgan fingerprint density at radius 3 is 2.63 bits per heavy atom. The molecule has 0 aromatic heterocycles. The molecule has 1 rings (SSSR count). The van der Waals surface area contributed by atoms with Crippen molar-refractivity contribution in [1.82, 2.24) is 4.90 Å². The fourth-order valence-corrected chi connectivity index (χ4v) is 2.59. The van der Waals surface area contributed by atoms with Crippen LogP contribution < -0.4 is 0 Å². The fourth-order valence-electron chi connectivity index (χ4n) is 2.59. The summed E-state index contributed by atoms with van der Waals surface area (Å²) in [7, 11) is 0. The first-order valence-electron chi connectivity index (χ1n) is 7.70. The smallest absolute Gasteiger partial charge is 0.330 e. The maximum Gasteiger partial charge on any atom is 0.330 e. The molecule has 1 fully saturated rings.